The molecule has 0 aromatic heterocycles. The quantitative estimate of drug-likeness (QED) is 0.722. The molecule has 0 bridgehead atoms. The van der Waals surface area contributed by atoms with Crippen molar-refractivity contribution in [2.45, 2.75) is 46.0 Å². The minimum absolute atomic E-state index is 0.164. The smallest absolute Gasteiger partial charge is 0.253 e. The van der Waals surface area contributed by atoms with E-state index in [0.29, 0.717) is 23.7 Å². The van der Waals surface area contributed by atoms with Gasteiger partial charge in [-0.15, -0.1) is 0 Å². The molecule has 30 heavy (non-hydrogen) atoms. The van der Waals surface area contributed by atoms with E-state index in [0.717, 1.165) is 83.5 Å². The van der Waals surface area contributed by atoms with Gasteiger partial charge in [-0.2, -0.15) is 0 Å². The molecule has 3 aliphatic rings. The summed E-state index contributed by atoms with van der Waals surface area (Å²) in [5.74, 6) is 2.21. The van der Waals surface area contributed by atoms with E-state index in [4.69, 9.17) is 0 Å². The summed E-state index contributed by atoms with van der Waals surface area (Å²) in [4.78, 5) is 31.6. The standard InChI is InChI=1S/C25H37N3O2/c1-19(2)18-26-13-15-28(16-14-26)25(30)22-5-3-20(4-6-22)17-21-9-11-27(12-10-21)24(29)23-7-8-23/h3-6,19,21,23H,7-18H2,1-2H3. The van der Waals surface area contributed by atoms with Crippen LogP contribution in [-0.2, 0) is 11.2 Å². The number of likely N-dealkylation sites (tertiary alicyclic amines) is 1. The van der Waals surface area contributed by atoms with Gasteiger partial charge in [-0.25, -0.2) is 0 Å². The van der Waals surface area contributed by atoms with Crippen LogP contribution in [0.3, 0.4) is 0 Å². The molecule has 1 aromatic rings. The van der Waals surface area contributed by atoms with E-state index >= 15 is 0 Å². The van der Waals surface area contributed by atoms with Crippen molar-refractivity contribution in [1.82, 2.24) is 14.7 Å². The number of hydrogen-bond acceptors (Lipinski definition) is 3. The lowest BCUT2D eigenvalue weighted by molar-refractivity contribution is -0.133. The molecule has 164 valence electrons. The molecule has 1 saturated carbocycles. The Bertz CT molecular complexity index is 725. The Balaban J connectivity index is 1.23. The zero-order chi connectivity index (χ0) is 21.1. The molecule has 0 atom stereocenters. The molecule has 2 aliphatic heterocycles. The second-order valence-corrected chi connectivity index (χ2v) is 9.93. The van der Waals surface area contributed by atoms with Gasteiger partial charge in [0.2, 0.25) is 5.91 Å². The Labute approximate surface area is 181 Å². The zero-order valence-electron chi connectivity index (χ0n) is 18.7. The van der Waals surface area contributed by atoms with Crippen molar-refractivity contribution in [3.8, 4) is 0 Å². The molecule has 1 aromatic carbocycles. The summed E-state index contributed by atoms with van der Waals surface area (Å²) in [5.41, 5.74) is 2.11. The highest BCUT2D eigenvalue weighted by atomic mass is 16.2. The van der Waals surface area contributed by atoms with Crippen LogP contribution in [0, 0.1) is 17.8 Å². The Morgan fingerprint density at radius 1 is 0.867 bits per heavy atom. The van der Waals surface area contributed by atoms with Crippen molar-refractivity contribution >= 4 is 11.8 Å². The van der Waals surface area contributed by atoms with Crippen LogP contribution in [0.4, 0.5) is 0 Å². The number of rotatable bonds is 6. The highest BCUT2D eigenvalue weighted by molar-refractivity contribution is 5.94. The SMILES string of the molecule is CC(C)CN1CCN(C(=O)c2ccc(CC3CCN(C(=O)C4CC4)CC3)cc2)CC1. The highest BCUT2D eigenvalue weighted by Gasteiger charge is 2.34. The predicted molar refractivity (Wildman–Crippen MR) is 119 cm³/mol. The fourth-order valence-electron chi connectivity index (χ4n) is 4.90. The van der Waals surface area contributed by atoms with E-state index < -0.39 is 0 Å². The van der Waals surface area contributed by atoms with Gasteiger partial charge in [0.05, 0.1) is 0 Å². The number of amides is 2. The van der Waals surface area contributed by atoms with Crippen LogP contribution >= 0.6 is 0 Å². The van der Waals surface area contributed by atoms with Gasteiger partial charge in [0.25, 0.3) is 5.91 Å². The Morgan fingerprint density at radius 2 is 1.50 bits per heavy atom. The molecular weight excluding hydrogens is 374 g/mol. The van der Waals surface area contributed by atoms with Crippen molar-refractivity contribution in [3.05, 3.63) is 35.4 Å². The van der Waals surface area contributed by atoms with Crippen molar-refractivity contribution in [2.24, 2.45) is 17.8 Å². The van der Waals surface area contributed by atoms with Crippen LogP contribution in [0.1, 0.15) is 55.5 Å². The van der Waals surface area contributed by atoms with Crippen LogP contribution in [0.2, 0.25) is 0 Å². The molecule has 0 unspecified atom stereocenters. The molecule has 1 aliphatic carbocycles. The van der Waals surface area contributed by atoms with E-state index in [1.54, 1.807) is 0 Å². The summed E-state index contributed by atoms with van der Waals surface area (Å²) in [5, 5.41) is 0. The number of piperazine rings is 1. The fraction of sp³-hybridized carbons (Fsp3) is 0.680. The maximum atomic E-state index is 12.9. The predicted octanol–water partition coefficient (Wildman–Crippen LogP) is 3.29. The zero-order valence-corrected chi connectivity index (χ0v) is 18.7. The minimum atomic E-state index is 0.164. The van der Waals surface area contributed by atoms with E-state index in [2.05, 4.69) is 35.8 Å². The van der Waals surface area contributed by atoms with E-state index in [9.17, 15) is 9.59 Å². The van der Waals surface area contributed by atoms with Crippen molar-refractivity contribution in [3.63, 3.8) is 0 Å². The lowest BCUT2D eigenvalue weighted by Gasteiger charge is -2.35. The molecule has 2 amide bonds. The van der Waals surface area contributed by atoms with Gasteiger partial charge >= 0.3 is 0 Å². The third kappa shape index (κ3) is 5.42. The summed E-state index contributed by atoms with van der Waals surface area (Å²) in [6.07, 6.45) is 5.43. The number of nitrogens with zero attached hydrogens (tertiary/aromatic N) is 3. The Hall–Kier alpha value is -1.88. The largest absolute Gasteiger partial charge is 0.342 e. The molecule has 0 N–H and O–H groups in total. The topological polar surface area (TPSA) is 43.9 Å². The maximum absolute atomic E-state index is 12.9. The molecule has 5 nitrogen and oxygen atoms in total. The summed E-state index contributed by atoms with van der Waals surface area (Å²) >= 11 is 0. The van der Waals surface area contributed by atoms with Gasteiger partial charge in [0, 0.05) is 57.3 Å². The second kappa shape index (κ2) is 9.51. The third-order valence-electron chi connectivity index (χ3n) is 6.86. The summed E-state index contributed by atoms with van der Waals surface area (Å²) in [7, 11) is 0. The van der Waals surface area contributed by atoms with Gasteiger partial charge < -0.3 is 9.80 Å². The first-order valence-electron chi connectivity index (χ1n) is 11.9. The molecular formula is C25H37N3O2. The van der Waals surface area contributed by atoms with Gasteiger partial charge in [-0.3, -0.25) is 14.5 Å². The fourth-order valence-corrected chi connectivity index (χ4v) is 4.90. The lowest BCUT2D eigenvalue weighted by Crippen LogP contribution is -2.49. The maximum Gasteiger partial charge on any atom is 0.253 e. The van der Waals surface area contributed by atoms with Crippen LogP contribution in [-0.4, -0.2) is 72.3 Å². The molecule has 2 heterocycles. The van der Waals surface area contributed by atoms with Crippen molar-refractivity contribution < 1.29 is 9.59 Å². The molecule has 3 fully saturated rings. The number of carbonyl (C=O) groups excluding carboxylic acids is 2. The first-order valence-corrected chi connectivity index (χ1v) is 11.9. The molecule has 2 saturated heterocycles. The van der Waals surface area contributed by atoms with Crippen molar-refractivity contribution in [2.75, 3.05) is 45.8 Å². The van der Waals surface area contributed by atoms with Gasteiger partial charge in [0.1, 0.15) is 0 Å². The van der Waals surface area contributed by atoms with Gasteiger partial charge in [0.15, 0.2) is 0 Å². The van der Waals surface area contributed by atoms with Crippen LogP contribution in [0.15, 0.2) is 24.3 Å². The summed E-state index contributed by atoms with van der Waals surface area (Å²) < 4.78 is 0. The Kier molecular flexibility index (Phi) is 6.77. The van der Waals surface area contributed by atoms with E-state index in [1.165, 1.54) is 5.56 Å². The molecule has 0 spiro atoms. The third-order valence-corrected chi connectivity index (χ3v) is 6.86. The highest BCUT2D eigenvalue weighted by Crippen LogP contribution is 2.33. The average Bonchev–Trinajstić information content (AvgIpc) is 3.59. The van der Waals surface area contributed by atoms with Gasteiger partial charge in [-0.1, -0.05) is 26.0 Å². The number of piperidine rings is 1. The molecule has 4 rings (SSSR count). The van der Waals surface area contributed by atoms with E-state index in [-0.39, 0.29) is 5.91 Å². The Morgan fingerprint density at radius 3 is 2.07 bits per heavy atom. The van der Waals surface area contributed by atoms with Crippen LogP contribution < -0.4 is 0 Å². The lowest BCUT2D eigenvalue weighted by atomic mass is 9.89. The first kappa shape index (κ1) is 21.4. The molecule has 0 radical (unpaired) electrons. The molecule has 5 heteroatoms. The van der Waals surface area contributed by atoms with E-state index in [1.807, 2.05) is 17.0 Å². The van der Waals surface area contributed by atoms with Crippen LogP contribution in [0.25, 0.3) is 0 Å². The number of benzene rings is 1. The second-order valence-electron chi connectivity index (χ2n) is 9.93. The first-order chi connectivity index (χ1) is 14.5. The van der Waals surface area contributed by atoms with Crippen molar-refractivity contribution in [1.29, 1.82) is 0 Å². The monoisotopic (exact) mass is 411 g/mol. The summed E-state index contributed by atoms with van der Waals surface area (Å²) in [6.45, 7) is 11.0. The van der Waals surface area contributed by atoms with Gasteiger partial charge in [-0.05, 0) is 61.6 Å². The average molecular weight is 412 g/mol. The summed E-state index contributed by atoms with van der Waals surface area (Å²) in [6, 6.07) is 8.27. The number of carbonyl (C=O) groups is 2. The minimum Gasteiger partial charge on any atom is -0.342 e. The van der Waals surface area contributed by atoms with Crippen LogP contribution in [0.5, 0.6) is 0 Å². The number of hydrogen-bond donors (Lipinski definition) is 0. The normalized spacial score (nSPS) is 21.3.